The van der Waals surface area contributed by atoms with Crippen LogP contribution in [0.3, 0.4) is 0 Å². The van der Waals surface area contributed by atoms with Crippen molar-refractivity contribution in [3.8, 4) is 0 Å². The molecule has 2 rings (SSSR count). The van der Waals surface area contributed by atoms with Crippen molar-refractivity contribution in [1.29, 1.82) is 0 Å². The molecule has 0 fully saturated rings. The van der Waals surface area contributed by atoms with Gasteiger partial charge in [0.15, 0.2) is 0 Å². The highest BCUT2D eigenvalue weighted by molar-refractivity contribution is 6.33. The molecule has 0 bridgehead atoms. The van der Waals surface area contributed by atoms with Crippen molar-refractivity contribution in [2.45, 2.75) is 13.0 Å². The fourth-order valence-electron chi connectivity index (χ4n) is 1.24. The van der Waals surface area contributed by atoms with E-state index in [1.165, 1.54) is 10.7 Å². The average molecular weight is 225 g/mol. The fraction of sp³-hybridized carbons (Fsp3) is 0.222. The van der Waals surface area contributed by atoms with Crippen LogP contribution in [0.1, 0.15) is 17.4 Å². The Morgan fingerprint density at radius 1 is 1.67 bits per heavy atom. The lowest BCUT2D eigenvalue weighted by Gasteiger charge is -2.00. The summed E-state index contributed by atoms with van der Waals surface area (Å²) in [5.74, 6) is -0.274. The molecule has 0 aliphatic heterocycles. The quantitative estimate of drug-likeness (QED) is 0.770. The van der Waals surface area contributed by atoms with Crippen molar-refractivity contribution in [3.05, 3.63) is 29.4 Å². The molecular formula is C9H9ClN4O. The molecule has 0 aliphatic rings. The first-order valence-electron chi connectivity index (χ1n) is 4.38. The molecule has 0 aliphatic carbocycles. The van der Waals surface area contributed by atoms with Crippen molar-refractivity contribution < 1.29 is 4.79 Å². The maximum absolute atomic E-state index is 11.6. The summed E-state index contributed by atoms with van der Waals surface area (Å²) < 4.78 is 1.54. The Kier molecular flexibility index (Phi) is 2.42. The third-order valence-corrected chi connectivity index (χ3v) is 2.38. The number of ketones is 1. The second-order valence-electron chi connectivity index (χ2n) is 3.21. The molecule has 0 saturated heterocycles. The largest absolute Gasteiger partial charge is 0.321 e. The van der Waals surface area contributed by atoms with Crippen LogP contribution in [0.5, 0.6) is 0 Å². The summed E-state index contributed by atoms with van der Waals surface area (Å²) in [4.78, 5) is 19.6. The summed E-state index contributed by atoms with van der Waals surface area (Å²) in [6.45, 7) is 1.60. The van der Waals surface area contributed by atoms with E-state index >= 15 is 0 Å². The molecule has 0 aromatic carbocycles. The molecule has 2 heterocycles. The van der Waals surface area contributed by atoms with Crippen LogP contribution in [0.25, 0.3) is 5.65 Å². The summed E-state index contributed by atoms with van der Waals surface area (Å²) in [6.07, 6.45) is 3.08. The first-order chi connectivity index (χ1) is 7.11. The maximum atomic E-state index is 11.6. The van der Waals surface area contributed by atoms with E-state index < -0.39 is 6.04 Å². The summed E-state index contributed by atoms with van der Waals surface area (Å²) in [6, 6.07) is 1.06. The number of hydrogen-bond acceptors (Lipinski definition) is 4. The molecule has 1 unspecified atom stereocenters. The number of imidazole rings is 1. The predicted molar refractivity (Wildman–Crippen MR) is 56.0 cm³/mol. The van der Waals surface area contributed by atoms with Gasteiger partial charge in [0.05, 0.1) is 6.04 Å². The molecule has 6 heteroatoms. The SMILES string of the molecule is CC(N)C(=O)c1nc2ccncn2c1Cl. The maximum Gasteiger partial charge on any atom is 0.200 e. The minimum absolute atomic E-state index is 0.194. The van der Waals surface area contributed by atoms with Crippen molar-refractivity contribution in [1.82, 2.24) is 14.4 Å². The molecule has 78 valence electrons. The highest BCUT2D eigenvalue weighted by atomic mass is 35.5. The van der Waals surface area contributed by atoms with Crippen molar-refractivity contribution >= 4 is 23.0 Å². The lowest BCUT2D eigenvalue weighted by molar-refractivity contribution is 0.0964. The smallest absolute Gasteiger partial charge is 0.200 e. The highest BCUT2D eigenvalue weighted by Gasteiger charge is 2.20. The first-order valence-corrected chi connectivity index (χ1v) is 4.76. The zero-order chi connectivity index (χ0) is 11.0. The molecular weight excluding hydrogens is 216 g/mol. The Hall–Kier alpha value is -1.46. The first kappa shape index (κ1) is 10.1. The van der Waals surface area contributed by atoms with Crippen LogP contribution in [0.2, 0.25) is 5.15 Å². The van der Waals surface area contributed by atoms with Gasteiger partial charge in [0.2, 0.25) is 5.78 Å². The number of fused-ring (bicyclic) bond motifs is 1. The molecule has 0 spiro atoms. The molecule has 5 nitrogen and oxygen atoms in total. The molecule has 0 saturated carbocycles. The number of nitrogens with two attached hydrogens (primary N) is 1. The Morgan fingerprint density at radius 2 is 2.40 bits per heavy atom. The molecule has 2 aromatic rings. The van der Waals surface area contributed by atoms with E-state index in [4.69, 9.17) is 17.3 Å². The summed E-state index contributed by atoms with van der Waals surface area (Å²) in [5.41, 5.74) is 6.26. The van der Waals surface area contributed by atoms with Gasteiger partial charge < -0.3 is 5.73 Å². The van der Waals surface area contributed by atoms with Crippen molar-refractivity contribution in [2.75, 3.05) is 0 Å². The van der Waals surface area contributed by atoms with E-state index in [-0.39, 0.29) is 16.6 Å². The molecule has 0 radical (unpaired) electrons. The van der Waals surface area contributed by atoms with Gasteiger partial charge in [-0.3, -0.25) is 9.20 Å². The van der Waals surface area contributed by atoms with E-state index in [0.717, 1.165) is 0 Å². The van der Waals surface area contributed by atoms with Gasteiger partial charge >= 0.3 is 0 Å². The number of Topliss-reactive ketones (excluding diaryl/α,β-unsaturated/α-hetero) is 1. The highest BCUT2D eigenvalue weighted by Crippen LogP contribution is 2.18. The number of aromatic nitrogens is 3. The number of carbonyl (C=O) groups is 1. The number of halogens is 1. The van der Waals surface area contributed by atoms with Crippen molar-refractivity contribution in [3.63, 3.8) is 0 Å². The van der Waals surface area contributed by atoms with Gasteiger partial charge in [0, 0.05) is 6.20 Å². The fourth-order valence-corrected chi connectivity index (χ4v) is 1.51. The van der Waals surface area contributed by atoms with E-state index in [2.05, 4.69) is 9.97 Å². The Balaban J connectivity index is 2.63. The monoisotopic (exact) mass is 224 g/mol. The topological polar surface area (TPSA) is 73.3 Å². The third-order valence-electron chi connectivity index (χ3n) is 2.02. The molecule has 1 atom stereocenters. The Bertz CT molecular complexity index is 520. The van der Waals surface area contributed by atoms with Gasteiger partial charge in [-0.05, 0) is 13.0 Å². The average Bonchev–Trinajstić information content (AvgIpc) is 2.56. The van der Waals surface area contributed by atoms with Crippen LogP contribution >= 0.6 is 11.6 Å². The minimum atomic E-state index is -0.611. The Morgan fingerprint density at radius 3 is 3.00 bits per heavy atom. The van der Waals surface area contributed by atoms with Gasteiger partial charge in [0.25, 0.3) is 0 Å². The van der Waals surface area contributed by atoms with E-state index in [1.807, 2.05) is 0 Å². The van der Waals surface area contributed by atoms with E-state index in [0.29, 0.717) is 5.65 Å². The summed E-state index contributed by atoms with van der Waals surface area (Å²) >= 11 is 5.98. The normalized spacial score (nSPS) is 13.0. The van der Waals surface area contributed by atoms with Gasteiger partial charge in [-0.15, -0.1) is 0 Å². The van der Waals surface area contributed by atoms with Crippen LogP contribution in [0.15, 0.2) is 18.6 Å². The number of hydrogen-bond donors (Lipinski definition) is 1. The van der Waals surface area contributed by atoms with Gasteiger partial charge in [-0.1, -0.05) is 11.6 Å². The zero-order valence-corrected chi connectivity index (χ0v) is 8.77. The molecule has 0 amide bonds. The van der Waals surface area contributed by atoms with E-state index in [1.54, 1.807) is 19.2 Å². The number of nitrogens with zero attached hydrogens (tertiary/aromatic N) is 3. The van der Waals surface area contributed by atoms with Crippen molar-refractivity contribution in [2.24, 2.45) is 5.73 Å². The Labute approximate surface area is 90.9 Å². The number of carbonyl (C=O) groups excluding carboxylic acids is 1. The lowest BCUT2D eigenvalue weighted by atomic mass is 10.2. The lowest BCUT2D eigenvalue weighted by Crippen LogP contribution is -2.27. The minimum Gasteiger partial charge on any atom is -0.321 e. The number of rotatable bonds is 2. The van der Waals surface area contributed by atoms with Gasteiger partial charge in [0.1, 0.15) is 22.8 Å². The zero-order valence-electron chi connectivity index (χ0n) is 8.01. The molecule has 15 heavy (non-hydrogen) atoms. The summed E-state index contributed by atoms with van der Waals surface area (Å²) in [5, 5.41) is 0.250. The van der Waals surface area contributed by atoms with Crippen LogP contribution in [0.4, 0.5) is 0 Å². The molecule has 2 aromatic heterocycles. The predicted octanol–water partition coefficient (Wildman–Crippen LogP) is 0.913. The van der Waals surface area contributed by atoms with Crippen LogP contribution in [-0.2, 0) is 0 Å². The second-order valence-corrected chi connectivity index (χ2v) is 3.57. The van der Waals surface area contributed by atoms with Crippen LogP contribution in [-0.4, -0.2) is 26.2 Å². The van der Waals surface area contributed by atoms with Gasteiger partial charge in [-0.2, -0.15) is 0 Å². The van der Waals surface area contributed by atoms with Gasteiger partial charge in [-0.25, -0.2) is 9.97 Å². The third kappa shape index (κ3) is 1.60. The van der Waals surface area contributed by atoms with E-state index in [9.17, 15) is 4.79 Å². The van der Waals surface area contributed by atoms with Crippen LogP contribution in [0, 0.1) is 0 Å². The molecule has 2 N–H and O–H groups in total. The summed E-state index contributed by atoms with van der Waals surface area (Å²) in [7, 11) is 0. The second kappa shape index (κ2) is 3.60. The van der Waals surface area contributed by atoms with Crippen LogP contribution < -0.4 is 5.73 Å². The standard InChI is InChI=1S/C9H9ClN4O/c1-5(11)8(15)7-9(10)14-4-12-3-2-6(14)13-7/h2-5H,11H2,1H3.